The molecular formula is C24H29N5O. The molecule has 0 radical (unpaired) electrons. The van der Waals surface area contributed by atoms with E-state index in [4.69, 9.17) is 0 Å². The summed E-state index contributed by atoms with van der Waals surface area (Å²) in [5.74, 6) is 0.710. The first-order valence-corrected chi connectivity index (χ1v) is 10.7. The first-order valence-electron chi connectivity index (χ1n) is 10.7. The number of likely N-dealkylation sites (tertiary alicyclic amines) is 1. The largest absolute Gasteiger partial charge is 0.348 e. The van der Waals surface area contributed by atoms with E-state index in [0.29, 0.717) is 18.7 Å². The number of nitrogens with one attached hydrogen (secondary N) is 1. The summed E-state index contributed by atoms with van der Waals surface area (Å²) in [5.41, 5.74) is 4.24. The van der Waals surface area contributed by atoms with Crippen LogP contribution in [0.5, 0.6) is 0 Å². The van der Waals surface area contributed by atoms with Gasteiger partial charge in [-0.2, -0.15) is 5.10 Å². The molecule has 1 aliphatic heterocycles. The molecule has 0 bridgehead atoms. The fourth-order valence-electron chi connectivity index (χ4n) is 4.10. The fraction of sp³-hybridized carbons (Fsp3) is 0.375. The van der Waals surface area contributed by atoms with Crippen molar-refractivity contribution in [1.82, 2.24) is 25.0 Å². The molecule has 1 amide bonds. The van der Waals surface area contributed by atoms with E-state index < -0.39 is 0 Å². The Hall–Kier alpha value is -2.99. The van der Waals surface area contributed by atoms with Crippen molar-refractivity contribution >= 4 is 5.91 Å². The van der Waals surface area contributed by atoms with Crippen molar-refractivity contribution in [3.05, 3.63) is 83.4 Å². The summed E-state index contributed by atoms with van der Waals surface area (Å²) in [6.07, 6.45) is 5.80. The second kappa shape index (κ2) is 9.67. The van der Waals surface area contributed by atoms with Crippen LogP contribution in [0.25, 0.3) is 0 Å². The van der Waals surface area contributed by atoms with Crippen LogP contribution in [0.1, 0.15) is 46.8 Å². The van der Waals surface area contributed by atoms with E-state index in [9.17, 15) is 4.79 Å². The Morgan fingerprint density at radius 2 is 1.90 bits per heavy atom. The quantitative estimate of drug-likeness (QED) is 0.656. The maximum absolute atomic E-state index is 12.6. The van der Waals surface area contributed by atoms with Gasteiger partial charge in [0, 0.05) is 25.2 Å². The van der Waals surface area contributed by atoms with Crippen LogP contribution in [-0.4, -0.2) is 38.7 Å². The van der Waals surface area contributed by atoms with Gasteiger partial charge in [-0.05, 0) is 54.1 Å². The summed E-state index contributed by atoms with van der Waals surface area (Å²) in [6, 6.07) is 16.1. The van der Waals surface area contributed by atoms with Gasteiger partial charge < -0.3 is 5.32 Å². The van der Waals surface area contributed by atoms with Crippen molar-refractivity contribution in [2.24, 2.45) is 5.92 Å². The molecule has 1 aliphatic rings. The molecule has 6 nitrogen and oxygen atoms in total. The van der Waals surface area contributed by atoms with Gasteiger partial charge in [-0.3, -0.25) is 9.69 Å². The van der Waals surface area contributed by atoms with Crippen molar-refractivity contribution in [1.29, 1.82) is 0 Å². The topological polar surface area (TPSA) is 63.1 Å². The van der Waals surface area contributed by atoms with Gasteiger partial charge in [-0.15, -0.1) is 0 Å². The molecule has 1 unspecified atom stereocenters. The van der Waals surface area contributed by atoms with E-state index in [2.05, 4.69) is 45.4 Å². The van der Waals surface area contributed by atoms with Crippen molar-refractivity contribution in [2.75, 3.05) is 13.1 Å². The van der Waals surface area contributed by atoms with Crippen LogP contribution in [0, 0.1) is 5.92 Å². The lowest BCUT2D eigenvalue weighted by molar-refractivity contribution is 0.0950. The highest BCUT2D eigenvalue weighted by atomic mass is 16.1. The zero-order valence-corrected chi connectivity index (χ0v) is 17.5. The summed E-state index contributed by atoms with van der Waals surface area (Å²) in [5, 5.41) is 7.19. The van der Waals surface area contributed by atoms with Gasteiger partial charge in [-0.1, -0.05) is 43.3 Å². The molecule has 0 saturated carbocycles. The Kier molecular flexibility index (Phi) is 6.54. The van der Waals surface area contributed by atoms with E-state index >= 15 is 0 Å². The summed E-state index contributed by atoms with van der Waals surface area (Å²) in [7, 11) is 0. The van der Waals surface area contributed by atoms with Crippen LogP contribution in [0.3, 0.4) is 0 Å². The van der Waals surface area contributed by atoms with Crippen LogP contribution >= 0.6 is 0 Å². The van der Waals surface area contributed by atoms with Gasteiger partial charge in [-0.25, -0.2) is 9.67 Å². The molecule has 3 aromatic rings. The maximum atomic E-state index is 12.6. The number of hydrogen-bond donors (Lipinski definition) is 1. The number of aromatic nitrogens is 3. The van der Waals surface area contributed by atoms with Crippen LogP contribution in [0.2, 0.25) is 0 Å². The highest BCUT2D eigenvalue weighted by Crippen LogP contribution is 2.19. The third-order valence-corrected chi connectivity index (χ3v) is 5.72. The van der Waals surface area contributed by atoms with Crippen molar-refractivity contribution in [2.45, 2.75) is 39.4 Å². The molecule has 2 aromatic carbocycles. The molecular weight excluding hydrogens is 374 g/mol. The van der Waals surface area contributed by atoms with Gasteiger partial charge in [0.2, 0.25) is 0 Å². The second-order valence-electron chi connectivity index (χ2n) is 8.22. The van der Waals surface area contributed by atoms with Crippen molar-refractivity contribution in [3.63, 3.8) is 0 Å². The van der Waals surface area contributed by atoms with Gasteiger partial charge in [0.15, 0.2) is 0 Å². The Morgan fingerprint density at radius 1 is 1.10 bits per heavy atom. The number of benzene rings is 2. The molecule has 2 heterocycles. The molecule has 0 spiro atoms. The monoisotopic (exact) mass is 403 g/mol. The molecule has 1 saturated heterocycles. The normalized spacial score (nSPS) is 17.0. The molecule has 1 aromatic heterocycles. The smallest absolute Gasteiger partial charge is 0.251 e. The van der Waals surface area contributed by atoms with Crippen molar-refractivity contribution < 1.29 is 4.79 Å². The van der Waals surface area contributed by atoms with Crippen LogP contribution in [0.4, 0.5) is 0 Å². The number of carbonyl (C=O) groups is 1. The average Bonchev–Trinajstić information content (AvgIpc) is 3.26. The van der Waals surface area contributed by atoms with Gasteiger partial charge in [0.1, 0.15) is 12.7 Å². The lowest BCUT2D eigenvalue weighted by atomic mass is 9.99. The number of hydrogen-bond acceptors (Lipinski definition) is 4. The van der Waals surface area contributed by atoms with E-state index in [0.717, 1.165) is 31.1 Å². The maximum Gasteiger partial charge on any atom is 0.251 e. The SMILES string of the molecule is CC1CCCN(Cc2ccccc2CNC(=O)c2ccc(Cn3cncn3)cc2)C1. The highest BCUT2D eigenvalue weighted by molar-refractivity contribution is 5.94. The van der Waals surface area contributed by atoms with Crippen molar-refractivity contribution in [3.8, 4) is 0 Å². The minimum absolute atomic E-state index is 0.0521. The summed E-state index contributed by atoms with van der Waals surface area (Å²) < 4.78 is 1.76. The van der Waals surface area contributed by atoms with E-state index in [1.807, 2.05) is 30.3 Å². The summed E-state index contributed by atoms with van der Waals surface area (Å²) >= 11 is 0. The minimum atomic E-state index is -0.0521. The fourth-order valence-corrected chi connectivity index (χ4v) is 4.10. The van der Waals surface area contributed by atoms with Crippen LogP contribution in [-0.2, 0) is 19.6 Å². The zero-order valence-electron chi connectivity index (χ0n) is 17.5. The Labute approximate surface area is 177 Å². The molecule has 4 rings (SSSR count). The molecule has 1 atom stereocenters. The number of amides is 1. The van der Waals surface area contributed by atoms with E-state index in [1.54, 1.807) is 11.0 Å². The molecule has 30 heavy (non-hydrogen) atoms. The lowest BCUT2D eigenvalue weighted by Crippen LogP contribution is -2.34. The van der Waals surface area contributed by atoms with Gasteiger partial charge >= 0.3 is 0 Å². The lowest BCUT2D eigenvalue weighted by Gasteiger charge is -2.31. The Bertz CT molecular complexity index is 952. The number of nitrogens with zero attached hydrogens (tertiary/aromatic N) is 4. The number of piperidine rings is 1. The number of rotatable bonds is 7. The third kappa shape index (κ3) is 5.33. The first-order chi connectivity index (χ1) is 14.7. The predicted octanol–water partition coefficient (Wildman–Crippen LogP) is 3.49. The first kappa shape index (κ1) is 20.3. The standard InChI is InChI=1S/C24H29N5O/c1-19-5-4-12-28(14-19)16-23-7-3-2-6-22(23)13-26-24(30)21-10-8-20(9-11-21)15-29-18-25-17-27-29/h2-3,6-11,17-19H,4-5,12-16H2,1H3,(H,26,30). The molecule has 1 N–H and O–H groups in total. The molecule has 0 aliphatic carbocycles. The molecule has 1 fully saturated rings. The van der Waals surface area contributed by atoms with E-state index in [1.165, 1.54) is 30.3 Å². The molecule has 156 valence electrons. The average molecular weight is 404 g/mol. The number of carbonyl (C=O) groups excluding carboxylic acids is 1. The highest BCUT2D eigenvalue weighted by Gasteiger charge is 2.17. The van der Waals surface area contributed by atoms with Gasteiger partial charge in [0.05, 0.1) is 6.54 Å². The van der Waals surface area contributed by atoms with Crippen LogP contribution < -0.4 is 5.32 Å². The minimum Gasteiger partial charge on any atom is -0.348 e. The van der Waals surface area contributed by atoms with Gasteiger partial charge in [0.25, 0.3) is 5.91 Å². The summed E-state index contributed by atoms with van der Waals surface area (Å²) in [4.78, 5) is 19.1. The second-order valence-corrected chi connectivity index (χ2v) is 8.22. The van der Waals surface area contributed by atoms with E-state index in [-0.39, 0.29) is 5.91 Å². The third-order valence-electron chi connectivity index (χ3n) is 5.72. The molecule has 6 heteroatoms. The Morgan fingerprint density at radius 3 is 2.63 bits per heavy atom. The Balaban J connectivity index is 1.34. The van der Waals surface area contributed by atoms with Crippen LogP contribution in [0.15, 0.2) is 61.2 Å². The predicted molar refractivity (Wildman–Crippen MR) is 117 cm³/mol. The summed E-state index contributed by atoms with van der Waals surface area (Å²) in [6.45, 7) is 6.78. The zero-order chi connectivity index (χ0) is 20.8.